The average Bonchev–Trinajstić information content (AvgIpc) is 3.34. The highest BCUT2D eigenvalue weighted by atomic mass is 35.5. The number of hydrogen-bond acceptors (Lipinski definition) is 8. The standard InChI is InChI=1S/C29H40BClF3N5O3Si/c1-27(2,3)43(6,7)42-15-19-11-20(12-22(31)24(19)30-40-16-28(4,5)17-41-30)37-26-36-14-21(29(32,33)34)25(39-26)38-23-10-8-9-18(23)13-35/h11-12,14,18,23H,8-10,15-17H2,1-7H3,(H2,36,37,38,39). The van der Waals surface area contributed by atoms with Crippen LogP contribution in [0.1, 0.15) is 65.0 Å². The fraction of sp³-hybridized carbons (Fsp3) is 0.621. The molecule has 0 bridgehead atoms. The minimum atomic E-state index is -4.67. The lowest BCUT2D eigenvalue weighted by Gasteiger charge is -2.37. The van der Waals surface area contributed by atoms with Crippen molar-refractivity contribution in [3.05, 3.63) is 34.5 Å². The van der Waals surface area contributed by atoms with Crippen LogP contribution >= 0.6 is 11.6 Å². The van der Waals surface area contributed by atoms with Crippen LogP contribution in [-0.2, 0) is 26.5 Å². The Hall–Kier alpha value is -2.37. The van der Waals surface area contributed by atoms with Gasteiger partial charge in [-0.25, -0.2) is 4.98 Å². The van der Waals surface area contributed by atoms with Crippen LogP contribution in [0, 0.1) is 22.7 Å². The van der Waals surface area contributed by atoms with Gasteiger partial charge in [-0.05, 0) is 55.1 Å². The van der Waals surface area contributed by atoms with Gasteiger partial charge in [-0.2, -0.15) is 23.4 Å². The Bertz CT molecular complexity index is 1360. The van der Waals surface area contributed by atoms with Gasteiger partial charge in [0, 0.05) is 47.0 Å². The van der Waals surface area contributed by atoms with Crippen molar-refractivity contribution in [3.63, 3.8) is 0 Å². The lowest BCUT2D eigenvalue weighted by molar-refractivity contribution is -0.137. The van der Waals surface area contributed by atoms with E-state index in [4.69, 9.17) is 25.3 Å². The Morgan fingerprint density at radius 3 is 2.47 bits per heavy atom. The number of alkyl halides is 3. The van der Waals surface area contributed by atoms with Crippen LogP contribution < -0.4 is 16.1 Å². The predicted molar refractivity (Wildman–Crippen MR) is 165 cm³/mol. The highest BCUT2D eigenvalue weighted by Gasteiger charge is 2.40. The second-order valence-corrected chi connectivity index (χ2v) is 18.9. The second-order valence-electron chi connectivity index (χ2n) is 13.7. The van der Waals surface area contributed by atoms with E-state index in [1.807, 2.05) is 6.07 Å². The molecule has 1 saturated carbocycles. The molecule has 4 rings (SSSR count). The number of aromatic nitrogens is 2. The summed E-state index contributed by atoms with van der Waals surface area (Å²) < 4.78 is 60.2. The number of benzene rings is 1. The smallest absolute Gasteiger partial charge is 0.413 e. The van der Waals surface area contributed by atoms with Gasteiger partial charge in [-0.3, -0.25) is 0 Å². The monoisotopic (exact) mass is 637 g/mol. The maximum Gasteiger partial charge on any atom is 0.495 e. The topological polar surface area (TPSA) is 101 Å². The molecule has 0 spiro atoms. The number of hydrogen-bond donors (Lipinski definition) is 2. The molecule has 1 aromatic heterocycles. The van der Waals surface area contributed by atoms with Gasteiger partial charge in [0.2, 0.25) is 5.95 Å². The largest absolute Gasteiger partial charge is 0.495 e. The number of anilines is 3. The van der Waals surface area contributed by atoms with E-state index >= 15 is 0 Å². The average molecular weight is 638 g/mol. The summed E-state index contributed by atoms with van der Waals surface area (Å²) in [6.07, 6.45) is -1.96. The fourth-order valence-electron chi connectivity index (χ4n) is 4.82. The molecule has 2 N–H and O–H groups in total. The fourth-order valence-corrected chi connectivity index (χ4v) is 6.09. The molecular formula is C29H40BClF3N5O3Si. The zero-order chi connectivity index (χ0) is 31.8. The zero-order valence-electron chi connectivity index (χ0n) is 25.8. The zero-order valence-corrected chi connectivity index (χ0v) is 27.5. The first kappa shape index (κ1) is 33.5. The van der Waals surface area contributed by atoms with E-state index in [0.29, 0.717) is 42.2 Å². The highest BCUT2D eigenvalue weighted by molar-refractivity contribution is 6.74. The molecule has 2 aliphatic rings. The minimum absolute atomic E-state index is 0.0317. The lowest BCUT2D eigenvalue weighted by Crippen LogP contribution is -2.49. The summed E-state index contributed by atoms with van der Waals surface area (Å²) in [6, 6.07) is 5.22. The number of nitriles is 1. The van der Waals surface area contributed by atoms with Gasteiger partial charge in [0.05, 0.1) is 18.6 Å². The molecule has 2 unspecified atom stereocenters. The Morgan fingerprint density at radius 2 is 1.86 bits per heavy atom. The normalized spacial score (nSPS) is 21.0. The molecule has 8 nitrogen and oxygen atoms in total. The number of nitrogens with one attached hydrogen (secondary N) is 2. The van der Waals surface area contributed by atoms with E-state index in [1.54, 1.807) is 6.07 Å². The van der Waals surface area contributed by atoms with Crippen molar-refractivity contribution in [1.29, 1.82) is 5.26 Å². The van der Waals surface area contributed by atoms with Crippen LogP contribution in [0.5, 0.6) is 0 Å². The van der Waals surface area contributed by atoms with E-state index in [-0.39, 0.29) is 28.8 Å². The van der Waals surface area contributed by atoms with Crippen molar-refractivity contribution in [2.24, 2.45) is 11.3 Å². The van der Waals surface area contributed by atoms with Gasteiger partial charge in [-0.1, -0.05) is 46.2 Å². The van der Waals surface area contributed by atoms with E-state index < -0.39 is 39.1 Å². The highest BCUT2D eigenvalue weighted by Crippen LogP contribution is 2.38. The molecule has 1 aliphatic heterocycles. The Labute approximate surface area is 258 Å². The summed E-state index contributed by atoms with van der Waals surface area (Å²) >= 11 is 6.83. The first-order valence-corrected chi connectivity index (χ1v) is 17.8. The molecule has 1 saturated heterocycles. The molecule has 1 aromatic carbocycles. The van der Waals surface area contributed by atoms with Gasteiger partial charge < -0.3 is 24.4 Å². The van der Waals surface area contributed by atoms with Crippen LogP contribution in [0.2, 0.25) is 23.2 Å². The molecule has 234 valence electrons. The number of nitrogens with zero attached hydrogens (tertiary/aromatic N) is 3. The summed E-state index contributed by atoms with van der Waals surface area (Å²) in [5, 5.41) is 15.6. The van der Waals surface area contributed by atoms with E-state index in [2.05, 4.69) is 74.4 Å². The van der Waals surface area contributed by atoms with Crippen LogP contribution in [0.4, 0.5) is 30.6 Å². The molecule has 2 fully saturated rings. The summed E-state index contributed by atoms with van der Waals surface area (Å²) in [4.78, 5) is 8.15. The lowest BCUT2D eigenvalue weighted by atomic mass is 9.73. The van der Waals surface area contributed by atoms with Gasteiger partial charge in [0.1, 0.15) is 11.4 Å². The van der Waals surface area contributed by atoms with Crippen molar-refractivity contribution >= 4 is 50.0 Å². The molecule has 14 heteroatoms. The van der Waals surface area contributed by atoms with Gasteiger partial charge in [0.25, 0.3) is 0 Å². The van der Waals surface area contributed by atoms with Crippen LogP contribution in [0.25, 0.3) is 0 Å². The number of halogens is 4. The third-order valence-corrected chi connectivity index (χ3v) is 13.2. The maximum atomic E-state index is 13.8. The summed E-state index contributed by atoms with van der Waals surface area (Å²) in [5.74, 6) is -0.806. The molecule has 2 aromatic rings. The van der Waals surface area contributed by atoms with E-state index in [0.717, 1.165) is 18.2 Å². The van der Waals surface area contributed by atoms with Crippen LogP contribution in [0.3, 0.4) is 0 Å². The Morgan fingerprint density at radius 1 is 1.19 bits per heavy atom. The molecule has 0 radical (unpaired) electrons. The van der Waals surface area contributed by atoms with Crippen molar-refractivity contribution < 1.29 is 26.9 Å². The van der Waals surface area contributed by atoms with E-state index in [9.17, 15) is 18.4 Å². The quantitative estimate of drug-likeness (QED) is 0.291. The maximum absolute atomic E-state index is 13.8. The molecular weight excluding hydrogens is 598 g/mol. The SMILES string of the molecule is CC1(C)COB(c2c(Cl)cc(Nc3ncc(C(F)(F)F)c(NC4CCCC4C#N)n3)cc2CO[Si](C)(C)C(C)(C)C)OC1. The molecule has 43 heavy (non-hydrogen) atoms. The summed E-state index contributed by atoms with van der Waals surface area (Å²) in [5.41, 5.74) is 0.728. The van der Waals surface area contributed by atoms with Crippen molar-refractivity contribution in [2.75, 3.05) is 23.8 Å². The Balaban J connectivity index is 1.67. The van der Waals surface area contributed by atoms with Crippen molar-refractivity contribution in [1.82, 2.24) is 9.97 Å². The summed E-state index contributed by atoms with van der Waals surface area (Å²) in [6.45, 7) is 16.1. The van der Waals surface area contributed by atoms with Gasteiger partial charge in [0.15, 0.2) is 8.32 Å². The minimum Gasteiger partial charge on any atom is -0.413 e. The second kappa shape index (κ2) is 12.6. The number of rotatable bonds is 8. The van der Waals surface area contributed by atoms with Gasteiger partial charge >= 0.3 is 13.3 Å². The Kier molecular flexibility index (Phi) is 9.79. The third kappa shape index (κ3) is 8.02. The first-order chi connectivity index (χ1) is 19.9. The van der Waals surface area contributed by atoms with Crippen LogP contribution in [-0.4, -0.2) is 44.7 Å². The molecule has 1 aliphatic carbocycles. The molecule has 2 atom stereocenters. The van der Waals surface area contributed by atoms with E-state index in [1.165, 1.54) is 0 Å². The van der Waals surface area contributed by atoms with Crippen molar-refractivity contribution in [2.45, 2.75) is 90.8 Å². The first-order valence-electron chi connectivity index (χ1n) is 14.5. The molecule has 2 heterocycles. The summed E-state index contributed by atoms with van der Waals surface area (Å²) in [7, 11) is -2.85. The van der Waals surface area contributed by atoms with Crippen molar-refractivity contribution in [3.8, 4) is 6.07 Å². The van der Waals surface area contributed by atoms with Crippen LogP contribution in [0.15, 0.2) is 18.3 Å². The van der Waals surface area contributed by atoms with Gasteiger partial charge in [-0.15, -0.1) is 0 Å². The molecule has 0 amide bonds. The third-order valence-electron chi connectivity index (χ3n) is 8.45. The predicted octanol–water partition coefficient (Wildman–Crippen LogP) is 7.29.